The van der Waals surface area contributed by atoms with E-state index < -0.39 is 23.4 Å². The van der Waals surface area contributed by atoms with Crippen LogP contribution in [-0.2, 0) is 12.7 Å². The molecular weight excluding hydrogens is 453 g/mol. The maximum atomic E-state index is 14.1. The maximum Gasteiger partial charge on any atom is 0.420 e. The lowest BCUT2D eigenvalue weighted by Crippen LogP contribution is -2.26. The lowest BCUT2D eigenvalue weighted by atomic mass is 10.0. The SMILES string of the molecule is Fc1ccc(F)c(-c2cc(C(F)(F)F)c(N[C@@H]3C[C@@H]4CN(Cc5ccccn5)C[C@@H]4C3)nn2)c1. The van der Waals surface area contributed by atoms with Gasteiger partial charge in [-0.3, -0.25) is 9.88 Å². The molecular formula is C24H22F5N5. The molecule has 34 heavy (non-hydrogen) atoms. The molecule has 3 atom stereocenters. The summed E-state index contributed by atoms with van der Waals surface area (Å²) in [7, 11) is 0. The van der Waals surface area contributed by atoms with Crippen molar-refractivity contribution in [2.24, 2.45) is 11.8 Å². The molecule has 2 aliphatic rings. The van der Waals surface area contributed by atoms with Crippen LogP contribution in [0, 0.1) is 23.5 Å². The monoisotopic (exact) mass is 475 g/mol. The minimum Gasteiger partial charge on any atom is -0.365 e. The lowest BCUT2D eigenvalue weighted by molar-refractivity contribution is -0.137. The van der Waals surface area contributed by atoms with Gasteiger partial charge in [0.1, 0.15) is 17.2 Å². The van der Waals surface area contributed by atoms with E-state index >= 15 is 0 Å². The normalized spacial score (nSPS) is 22.7. The molecule has 0 radical (unpaired) electrons. The number of benzene rings is 1. The number of rotatable bonds is 5. The van der Waals surface area contributed by atoms with Crippen molar-refractivity contribution in [1.82, 2.24) is 20.1 Å². The van der Waals surface area contributed by atoms with Crippen molar-refractivity contribution in [3.05, 3.63) is 71.6 Å². The Morgan fingerprint density at radius 3 is 2.41 bits per heavy atom. The molecule has 3 heterocycles. The molecule has 0 spiro atoms. The number of halogens is 5. The van der Waals surface area contributed by atoms with Gasteiger partial charge in [0.05, 0.1) is 11.4 Å². The maximum absolute atomic E-state index is 14.1. The second-order valence-electron chi connectivity index (χ2n) is 8.96. The summed E-state index contributed by atoms with van der Waals surface area (Å²) in [6, 6.07) is 8.90. The van der Waals surface area contributed by atoms with Gasteiger partial charge in [0.15, 0.2) is 5.82 Å². The molecule has 0 amide bonds. The van der Waals surface area contributed by atoms with Crippen LogP contribution >= 0.6 is 0 Å². The van der Waals surface area contributed by atoms with Gasteiger partial charge in [0, 0.05) is 37.4 Å². The zero-order valence-electron chi connectivity index (χ0n) is 18.1. The van der Waals surface area contributed by atoms with Gasteiger partial charge in [-0.05, 0) is 61.1 Å². The summed E-state index contributed by atoms with van der Waals surface area (Å²) in [5.74, 6) is -1.27. The lowest BCUT2D eigenvalue weighted by Gasteiger charge is -2.21. The predicted octanol–water partition coefficient (Wildman–Crippen LogP) is 5.16. The van der Waals surface area contributed by atoms with E-state index in [1.807, 2.05) is 18.2 Å². The van der Waals surface area contributed by atoms with E-state index in [-0.39, 0.29) is 23.1 Å². The third-order valence-electron chi connectivity index (χ3n) is 6.58. The highest BCUT2D eigenvalue weighted by atomic mass is 19.4. The van der Waals surface area contributed by atoms with Crippen LogP contribution in [0.4, 0.5) is 27.8 Å². The number of anilines is 1. The van der Waals surface area contributed by atoms with Gasteiger partial charge in [-0.2, -0.15) is 13.2 Å². The van der Waals surface area contributed by atoms with Crippen LogP contribution in [0.1, 0.15) is 24.1 Å². The highest BCUT2D eigenvalue weighted by molar-refractivity contribution is 5.63. The number of nitrogens with zero attached hydrogens (tertiary/aromatic N) is 4. The second-order valence-corrected chi connectivity index (χ2v) is 8.96. The molecule has 0 bridgehead atoms. The number of aromatic nitrogens is 3. The summed E-state index contributed by atoms with van der Waals surface area (Å²) in [5.41, 5.74) is -0.789. The van der Waals surface area contributed by atoms with E-state index in [1.165, 1.54) is 0 Å². The van der Waals surface area contributed by atoms with Crippen LogP contribution in [0.2, 0.25) is 0 Å². The minimum absolute atomic E-state index is 0.167. The zero-order chi connectivity index (χ0) is 23.9. The summed E-state index contributed by atoms with van der Waals surface area (Å²) in [4.78, 5) is 6.69. The molecule has 1 saturated carbocycles. The van der Waals surface area contributed by atoms with Crippen molar-refractivity contribution in [3.63, 3.8) is 0 Å². The largest absolute Gasteiger partial charge is 0.420 e. The number of pyridine rings is 1. The predicted molar refractivity (Wildman–Crippen MR) is 116 cm³/mol. The molecule has 2 fully saturated rings. The van der Waals surface area contributed by atoms with Crippen LogP contribution in [0.3, 0.4) is 0 Å². The number of nitrogens with one attached hydrogen (secondary N) is 1. The first-order valence-corrected chi connectivity index (χ1v) is 11.1. The Balaban J connectivity index is 1.29. The summed E-state index contributed by atoms with van der Waals surface area (Å²) in [6.07, 6.45) is -1.52. The van der Waals surface area contributed by atoms with Crippen molar-refractivity contribution < 1.29 is 22.0 Å². The minimum atomic E-state index is -4.73. The number of hydrogen-bond acceptors (Lipinski definition) is 5. The van der Waals surface area contributed by atoms with E-state index in [0.29, 0.717) is 11.8 Å². The van der Waals surface area contributed by atoms with E-state index in [2.05, 4.69) is 25.4 Å². The Morgan fingerprint density at radius 2 is 1.74 bits per heavy atom. The van der Waals surface area contributed by atoms with Gasteiger partial charge < -0.3 is 5.32 Å². The molecule has 5 nitrogen and oxygen atoms in total. The van der Waals surface area contributed by atoms with Crippen LogP contribution in [0.15, 0.2) is 48.7 Å². The standard InChI is InChI=1S/C24H22F5N5/c25-16-4-5-21(26)19(9-16)22-10-20(24(27,28)29)23(33-32-22)31-18-7-14-11-34(12-15(14)8-18)13-17-3-1-2-6-30-17/h1-6,9-10,14-15,18H,7-8,11-13H2,(H,31,33)/t14-,15+,18-. The first-order valence-electron chi connectivity index (χ1n) is 11.1. The molecule has 2 aromatic heterocycles. The van der Waals surface area contributed by atoms with Crippen molar-refractivity contribution in [1.29, 1.82) is 0 Å². The molecule has 1 aromatic carbocycles. The van der Waals surface area contributed by atoms with Gasteiger partial charge in [-0.1, -0.05) is 6.07 Å². The molecule has 1 aliphatic heterocycles. The Bertz CT molecular complexity index is 1160. The van der Waals surface area contributed by atoms with Gasteiger partial charge in [-0.25, -0.2) is 8.78 Å². The van der Waals surface area contributed by atoms with Gasteiger partial charge >= 0.3 is 6.18 Å². The Kier molecular flexibility index (Phi) is 5.93. The van der Waals surface area contributed by atoms with Crippen LogP contribution in [0.5, 0.6) is 0 Å². The van der Waals surface area contributed by atoms with Crippen molar-refractivity contribution >= 4 is 5.82 Å². The highest BCUT2D eigenvalue weighted by Gasteiger charge is 2.42. The Hall–Kier alpha value is -3.14. The van der Waals surface area contributed by atoms with E-state index in [1.54, 1.807) is 6.20 Å². The topological polar surface area (TPSA) is 53.9 Å². The quantitative estimate of drug-likeness (QED) is 0.517. The number of likely N-dealkylation sites (tertiary alicyclic amines) is 1. The Labute approximate surface area is 193 Å². The molecule has 0 unspecified atom stereocenters. The van der Waals surface area contributed by atoms with Crippen molar-refractivity contribution in [3.8, 4) is 11.3 Å². The van der Waals surface area contributed by atoms with Crippen molar-refractivity contribution in [2.75, 3.05) is 18.4 Å². The van der Waals surface area contributed by atoms with Crippen LogP contribution in [-0.4, -0.2) is 39.2 Å². The molecule has 1 aliphatic carbocycles. The fourth-order valence-electron chi connectivity index (χ4n) is 5.10. The third kappa shape index (κ3) is 4.72. The Morgan fingerprint density at radius 1 is 0.971 bits per heavy atom. The van der Waals surface area contributed by atoms with E-state index in [4.69, 9.17) is 0 Å². The summed E-state index contributed by atoms with van der Waals surface area (Å²) < 4.78 is 69.0. The first-order chi connectivity index (χ1) is 16.3. The smallest absolute Gasteiger partial charge is 0.365 e. The van der Waals surface area contributed by atoms with Gasteiger partial charge in [0.2, 0.25) is 0 Å². The summed E-state index contributed by atoms with van der Waals surface area (Å²) >= 11 is 0. The molecule has 3 aromatic rings. The number of alkyl halides is 3. The highest BCUT2D eigenvalue weighted by Crippen LogP contribution is 2.41. The zero-order valence-corrected chi connectivity index (χ0v) is 18.1. The summed E-state index contributed by atoms with van der Waals surface area (Å²) in [5, 5.41) is 10.4. The van der Waals surface area contributed by atoms with Crippen LogP contribution in [0.25, 0.3) is 11.3 Å². The van der Waals surface area contributed by atoms with Crippen LogP contribution < -0.4 is 5.32 Å². The molecule has 5 rings (SSSR count). The summed E-state index contributed by atoms with van der Waals surface area (Å²) in [6.45, 7) is 2.50. The van der Waals surface area contributed by atoms with Gasteiger partial charge in [-0.15, -0.1) is 10.2 Å². The van der Waals surface area contributed by atoms with E-state index in [0.717, 1.165) is 62.4 Å². The fourth-order valence-corrected chi connectivity index (χ4v) is 5.10. The molecule has 10 heteroatoms. The fraction of sp³-hybridized carbons (Fsp3) is 0.375. The molecule has 178 valence electrons. The number of fused-ring (bicyclic) bond motifs is 1. The van der Waals surface area contributed by atoms with E-state index in [9.17, 15) is 22.0 Å². The average Bonchev–Trinajstić information content (AvgIpc) is 3.33. The third-order valence-corrected chi connectivity index (χ3v) is 6.58. The van der Waals surface area contributed by atoms with Gasteiger partial charge in [0.25, 0.3) is 0 Å². The second kappa shape index (κ2) is 8.90. The number of hydrogen-bond donors (Lipinski definition) is 1. The molecule has 1 saturated heterocycles. The molecule has 1 N–H and O–H groups in total. The average molecular weight is 475 g/mol. The first kappa shape index (κ1) is 22.6. The van der Waals surface area contributed by atoms with Crippen molar-refractivity contribution in [2.45, 2.75) is 31.6 Å².